The second-order valence-corrected chi connectivity index (χ2v) is 5.56. The summed E-state index contributed by atoms with van der Waals surface area (Å²) in [5.41, 5.74) is 6.77. The van der Waals surface area contributed by atoms with E-state index in [4.69, 9.17) is 16.0 Å². The van der Waals surface area contributed by atoms with E-state index < -0.39 is 12.1 Å². The van der Waals surface area contributed by atoms with E-state index in [1.165, 1.54) is 0 Å². The van der Waals surface area contributed by atoms with Gasteiger partial charge in [-0.25, -0.2) is 0 Å². The molecule has 1 fully saturated rings. The van der Waals surface area contributed by atoms with E-state index in [1.807, 2.05) is 4.90 Å². The molecule has 0 aromatic heterocycles. The fraction of sp³-hybridized carbons (Fsp3) is 0.467. The SMILES string of the molecule is N/C(=N/O)c1ccc(C(O)CN2CCC[C@H](C(=O)O)C2)cc1. The van der Waals surface area contributed by atoms with Crippen molar-refractivity contribution in [2.24, 2.45) is 16.8 Å². The Labute approximate surface area is 128 Å². The fourth-order valence-corrected chi connectivity index (χ4v) is 2.71. The molecule has 1 aromatic rings. The van der Waals surface area contributed by atoms with Gasteiger partial charge in [0.1, 0.15) is 0 Å². The molecular weight excluding hydrogens is 286 g/mol. The second kappa shape index (κ2) is 7.24. The summed E-state index contributed by atoms with van der Waals surface area (Å²) >= 11 is 0. The van der Waals surface area contributed by atoms with E-state index >= 15 is 0 Å². The van der Waals surface area contributed by atoms with Crippen LogP contribution in [-0.4, -0.2) is 51.8 Å². The van der Waals surface area contributed by atoms with Gasteiger partial charge in [0, 0.05) is 18.7 Å². The molecule has 0 spiro atoms. The molecular formula is C15H21N3O4. The maximum absolute atomic E-state index is 11.1. The number of aliphatic carboxylic acids is 1. The normalized spacial score (nSPS) is 21.5. The standard InChI is InChI=1S/C15H21N3O4/c16-14(17-22)11-5-3-10(4-6-11)13(19)9-18-7-1-2-12(8-18)15(20)21/h3-6,12-13,19,22H,1-2,7-9H2,(H2,16,17)(H,20,21)/t12-,13?/m0/s1. The highest BCUT2D eigenvalue weighted by molar-refractivity contribution is 5.96. The number of benzene rings is 1. The van der Waals surface area contributed by atoms with Crippen molar-refractivity contribution >= 4 is 11.8 Å². The van der Waals surface area contributed by atoms with Crippen LogP contribution in [0, 0.1) is 5.92 Å². The molecule has 1 aliphatic heterocycles. The molecule has 120 valence electrons. The number of carboxylic acid groups (broad SMARTS) is 1. The summed E-state index contributed by atoms with van der Waals surface area (Å²) in [6.45, 7) is 1.66. The van der Waals surface area contributed by atoms with Gasteiger partial charge in [-0.2, -0.15) is 0 Å². The van der Waals surface area contributed by atoms with Gasteiger partial charge in [0.25, 0.3) is 0 Å². The number of aliphatic hydroxyl groups is 1. The van der Waals surface area contributed by atoms with Gasteiger partial charge in [-0.15, -0.1) is 0 Å². The van der Waals surface area contributed by atoms with Crippen molar-refractivity contribution in [2.45, 2.75) is 18.9 Å². The van der Waals surface area contributed by atoms with Crippen LogP contribution in [0.15, 0.2) is 29.4 Å². The number of hydrogen-bond donors (Lipinski definition) is 4. The van der Waals surface area contributed by atoms with E-state index in [1.54, 1.807) is 24.3 Å². The summed E-state index contributed by atoms with van der Waals surface area (Å²) in [6, 6.07) is 6.78. The van der Waals surface area contributed by atoms with Crippen LogP contribution in [0.3, 0.4) is 0 Å². The highest BCUT2D eigenvalue weighted by atomic mass is 16.4. The van der Waals surface area contributed by atoms with Crippen LogP contribution in [0.1, 0.15) is 30.1 Å². The van der Waals surface area contributed by atoms with Gasteiger partial charge in [0.2, 0.25) is 0 Å². The van der Waals surface area contributed by atoms with Gasteiger partial charge in [0.05, 0.1) is 12.0 Å². The largest absolute Gasteiger partial charge is 0.481 e. The van der Waals surface area contributed by atoms with Crippen LogP contribution in [0.25, 0.3) is 0 Å². The molecule has 1 heterocycles. The minimum atomic E-state index is -0.776. The Kier molecular flexibility index (Phi) is 5.35. The van der Waals surface area contributed by atoms with Crippen LogP contribution in [0.5, 0.6) is 0 Å². The lowest BCUT2D eigenvalue weighted by Crippen LogP contribution is -2.40. The number of amidine groups is 1. The molecule has 22 heavy (non-hydrogen) atoms. The van der Waals surface area contributed by atoms with Crippen molar-refractivity contribution < 1.29 is 20.2 Å². The van der Waals surface area contributed by atoms with Crippen molar-refractivity contribution in [1.82, 2.24) is 4.90 Å². The lowest BCUT2D eigenvalue weighted by molar-refractivity contribution is -0.143. The third kappa shape index (κ3) is 3.96. The van der Waals surface area contributed by atoms with Crippen LogP contribution in [0.4, 0.5) is 0 Å². The average Bonchev–Trinajstić information content (AvgIpc) is 2.54. The maximum atomic E-state index is 11.1. The molecule has 0 saturated carbocycles. The van der Waals surface area contributed by atoms with E-state index in [2.05, 4.69) is 5.16 Å². The highest BCUT2D eigenvalue weighted by Crippen LogP contribution is 2.21. The Morgan fingerprint density at radius 2 is 2.09 bits per heavy atom. The lowest BCUT2D eigenvalue weighted by atomic mass is 9.97. The molecule has 1 saturated heterocycles. The van der Waals surface area contributed by atoms with Crippen molar-refractivity contribution in [3.8, 4) is 0 Å². The number of β-amino-alcohol motifs (C(OH)–C–C–N with tert-alkyl or cyclic N) is 1. The fourth-order valence-electron chi connectivity index (χ4n) is 2.71. The number of rotatable bonds is 5. The Bertz CT molecular complexity index is 544. The number of aliphatic hydroxyl groups excluding tert-OH is 1. The van der Waals surface area contributed by atoms with Crippen molar-refractivity contribution in [1.29, 1.82) is 0 Å². The molecule has 0 amide bonds. The number of carboxylic acids is 1. The summed E-state index contributed by atoms with van der Waals surface area (Å²) in [6.07, 6.45) is 0.816. The van der Waals surface area contributed by atoms with Crippen LogP contribution in [-0.2, 0) is 4.79 Å². The molecule has 2 atom stereocenters. The molecule has 2 rings (SSSR count). The lowest BCUT2D eigenvalue weighted by Gasteiger charge is -2.32. The summed E-state index contributed by atoms with van der Waals surface area (Å²) in [7, 11) is 0. The quantitative estimate of drug-likeness (QED) is 0.274. The van der Waals surface area contributed by atoms with Crippen molar-refractivity contribution in [2.75, 3.05) is 19.6 Å². The van der Waals surface area contributed by atoms with Gasteiger partial charge < -0.3 is 21.2 Å². The summed E-state index contributed by atoms with van der Waals surface area (Å²) in [5.74, 6) is -1.12. The number of likely N-dealkylation sites (tertiary alicyclic amines) is 1. The van der Waals surface area contributed by atoms with Gasteiger partial charge in [0.15, 0.2) is 5.84 Å². The zero-order chi connectivity index (χ0) is 16.1. The van der Waals surface area contributed by atoms with E-state index in [9.17, 15) is 9.90 Å². The number of nitrogens with two attached hydrogens (primary N) is 1. The summed E-state index contributed by atoms with van der Waals surface area (Å²) < 4.78 is 0. The van der Waals surface area contributed by atoms with Gasteiger partial charge in [-0.1, -0.05) is 29.4 Å². The molecule has 1 aromatic carbocycles. The highest BCUT2D eigenvalue weighted by Gasteiger charge is 2.26. The first kappa shape index (κ1) is 16.3. The molecule has 5 N–H and O–H groups in total. The zero-order valence-corrected chi connectivity index (χ0v) is 12.2. The Hall–Kier alpha value is -2.12. The molecule has 0 aliphatic carbocycles. The predicted octanol–water partition coefficient (Wildman–Crippen LogP) is 0.611. The number of oxime groups is 1. The van der Waals surface area contributed by atoms with Gasteiger partial charge >= 0.3 is 5.97 Å². The second-order valence-electron chi connectivity index (χ2n) is 5.56. The minimum absolute atomic E-state index is 0.0152. The topological polar surface area (TPSA) is 119 Å². The molecule has 0 bridgehead atoms. The van der Waals surface area contributed by atoms with E-state index in [0.717, 1.165) is 13.0 Å². The predicted molar refractivity (Wildman–Crippen MR) is 80.7 cm³/mol. The molecule has 0 radical (unpaired) electrons. The van der Waals surface area contributed by atoms with Crippen LogP contribution < -0.4 is 5.73 Å². The van der Waals surface area contributed by atoms with Crippen molar-refractivity contribution in [3.63, 3.8) is 0 Å². The Morgan fingerprint density at radius 1 is 1.41 bits per heavy atom. The minimum Gasteiger partial charge on any atom is -0.481 e. The zero-order valence-electron chi connectivity index (χ0n) is 12.2. The molecule has 1 aliphatic rings. The number of piperidine rings is 1. The maximum Gasteiger partial charge on any atom is 0.307 e. The van der Waals surface area contributed by atoms with Crippen LogP contribution in [0.2, 0.25) is 0 Å². The van der Waals surface area contributed by atoms with Crippen LogP contribution >= 0.6 is 0 Å². The van der Waals surface area contributed by atoms with Gasteiger partial charge in [-0.3, -0.25) is 9.69 Å². The van der Waals surface area contributed by atoms with Gasteiger partial charge in [-0.05, 0) is 24.9 Å². The number of hydrogen-bond acceptors (Lipinski definition) is 5. The Morgan fingerprint density at radius 3 is 2.68 bits per heavy atom. The molecule has 1 unspecified atom stereocenters. The number of nitrogens with zero attached hydrogens (tertiary/aromatic N) is 2. The Balaban J connectivity index is 1.97. The van der Waals surface area contributed by atoms with Crippen molar-refractivity contribution in [3.05, 3.63) is 35.4 Å². The first-order chi connectivity index (χ1) is 10.5. The number of carbonyl (C=O) groups is 1. The van der Waals surface area contributed by atoms with E-state index in [0.29, 0.717) is 30.6 Å². The van der Waals surface area contributed by atoms with E-state index in [-0.39, 0.29) is 11.8 Å². The molecule has 7 heteroatoms. The smallest absolute Gasteiger partial charge is 0.307 e. The average molecular weight is 307 g/mol. The molecule has 7 nitrogen and oxygen atoms in total. The third-order valence-corrected chi connectivity index (χ3v) is 3.98. The summed E-state index contributed by atoms with van der Waals surface area (Å²) in [4.78, 5) is 13.0. The first-order valence-corrected chi connectivity index (χ1v) is 7.22. The first-order valence-electron chi connectivity index (χ1n) is 7.22. The monoisotopic (exact) mass is 307 g/mol. The summed E-state index contributed by atoms with van der Waals surface area (Å²) in [5, 5.41) is 30.9. The third-order valence-electron chi connectivity index (χ3n) is 3.98.